The number of non-ortho nitro benzene ring substituents is 1. The zero-order valence-electron chi connectivity index (χ0n) is 14.3. The number of hydrogen-bond acceptors (Lipinski definition) is 5. The lowest BCUT2D eigenvalue weighted by Crippen LogP contribution is -2.53. The Morgan fingerprint density at radius 1 is 1.32 bits per heavy atom. The van der Waals surface area contributed by atoms with Crippen molar-refractivity contribution >= 4 is 17.9 Å². The van der Waals surface area contributed by atoms with Crippen LogP contribution in [-0.2, 0) is 4.74 Å². The highest BCUT2D eigenvalue weighted by molar-refractivity contribution is 5.70. The molecule has 1 aliphatic heterocycles. The monoisotopic (exact) mass is 351 g/mol. The summed E-state index contributed by atoms with van der Waals surface area (Å²) < 4.78 is 5.39. The number of ether oxygens (including phenoxy) is 1. The number of carboxylic acid groups (broad SMARTS) is 1. The molecule has 1 atom stereocenters. The van der Waals surface area contributed by atoms with Crippen LogP contribution in [0.5, 0.6) is 0 Å². The molecule has 1 aliphatic rings. The lowest BCUT2D eigenvalue weighted by atomic mass is 10.0. The van der Waals surface area contributed by atoms with Gasteiger partial charge < -0.3 is 14.7 Å². The van der Waals surface area contributed by atoms with Crippen molar-refractivity contribution in [1.29, 1.82) is 0 Å². The summed E-state index contributed by atoms with van der Waals surface area (Å²) in [6.07, 6.45) is -1.67. The molecular weight excluding hydrogens is 330 g/mol. The number of carbonyl (C=O) groups excluding carboxylic acids is 1. The molecule has 1 N–H and O–H groups in total. The summed E-state index contributed by atoms with van der Waals surface area (Å²) in [6, 6.07) is 5.20. The maximum Gasteiger partial charge on any atom is 0.410 e. The van der Waals surface area contributed by atoms with E-state index in [9.17, 15) is 24.8 Å². The molecule has 1 heterocycles. The predicted octanol–water partition coefficient (Wildman–Crippen LogP) is 2.87. The van der Waals surface area contributed by atoms with Crippen LogP contribution in [0.15, 0.2) is 24.3 Å². The summed E-state index contributed by atoms with van der Waals surface area (Å²) in [4.78, 5) is 36.9. The van der Waals surface area contributed by atoms with Crippen LogP contribution in [0.3, 0.4) is 0 Å². The lowest BCUT2D eigenvalue weighted by Gasteiger charge is -2.40. The number of nitrogens with zero attached hydrogens (tertiary/aromatic N) is 3. The first-order valence-corrected chi connectivity index (χ1v) is 7.80. The van der Waals surface area contributed by atoms with Gasteiger partial charge in [-0.05, 0) is 26.3 Å². The Balaban J connectivity index is 2.34. The second-order valence-corrected chi connectivity index (χ2v) is 6.77. The van der Waals surface area contributed by atoms with Gasteiger partial charge in [0.2, 0.25) is 0 Å². The Morgan fingerprint density at radius 3 is 2.56 bits per heavy atom. The second-order valence-electron chi connectivity index (χ2n) is 6.77. The fourth-order valence-corrected chi connectivity index (χ4v) is 2.63. The van der Waals surface area contributed by atoms with Crippen molar-refractivity contribution in [3.8, 4) is 0 Å². The molecule has 1 fully saturated rings. The minimum atomic E-state index is -1.10. The quantitative estimate of drug-likeness (QED) is 0.647. The zero-order chi connectivity index (χ0) is 18.8. The van der Waals surface area contributed by atoms with E-state index in [4.69, 9.17) is 4.74 Å². The van der Waals surface area contributed by atoms with Crippen LogP contribution in [0.25, 0.3) is 0 Å². The fraction of sp³-hybridized carbons (Fsp3) is 0.500. The first kappa shape index (κ1) is 18.5. The van der Waals surface area contributed by atoms with Crippen molar-refractivity contribution in [2.24, 2.45) is 0 Å². The molecule has 0 aromatic heterocycles. The topological polar surface area (TPSA) is 113 Å². The summed E-state index contributed by atoms with van der Waals surface area (Å²) in [5, 5.41) is 20.2. The van der Waals surface area contributed by atoms with Crippen molar-refractivity contribution in [2.45, 2.75) is 32.4 Å². The van der Waals surface area contributed by atoms with Gasteiger partial charge >= 0.3 is 12.2 Å². The molecule has 1 aromatic carbocycles. The van der Waals surface area contributed by atoms with E-state index >= 15 is 0 Å². The molecule has 1 unspecified atom stereocenters. The molecule has 0 bridgehead atoms. The summed E-state index contributed by atoms with van der Waals surface area (Å²) in [5.41, 5.74) is -0.325. The number of carbonyl (C=O) groups is 2. The number of piperazine rings is 1. The smallest absolute Gasteiger partial charge is 0.410 e. The number of nitro benzene ring substituents is 1. The van der Waals surface area contributed by atoms with Crippen LogP contribution >= 0.6 is 0 Å². The van der Waals surface area contributed by atoms with Crippen molar-refractivity contribution < 1.29 is 24.4 Å². The van der Waals surface area contributed by atoms with Gasteiger partial charge in [0, 0.05) is 31.8 Å². The molecule has 0 radical (unpaired) electrons. The van der Waals surface area contributed by atoms with E-state index in [-0.39, 0.29) is 25.3 Å². The van der Waals surface area contributed by atoms with Gasteiger partial charge in [-0.2, -0.15) is 0 Å². The van der Waals surface area contributed by atoms with Gasteiger partial charge in [0.05, 0.1) is 11.0 Å². The van der Waals surface area contributed by atoms with Crippen LogP contribution < -0.4 is 0 Å². The van der Waals surface area contributed by atoms with Gasteiger partial charge in [-0.1, -0.05) is 12.1 Å². The maximum atomic E-state index is 12.5. The van der Waals surface area contributed by atoms with Gasteiger partial charge in [0.15, 0.2) is 0 Å². The van der Waals surface area contributed by atoms with Crippen LogP contribution in [-0.4, -0.2) is 57.3 Å². The molecule has 9 nitrogen and oxygen atoms in total. The number of rotatable bonds is 2. The first-order valence-electron chi connectivity index (χ1n) is 7.80. The van der Waals surface area contributed by atoms with Gasteiger partial charge in [0.25, 0.3) is 5.69 Å². The summed E-state index contributed by atoms with van der Waals surface area (Å²) in [5.74, 6) is 0. The zero-order valence-corrected chi connectivity index (χ0v) is 14.3. The largest absolute Gasteiger partial charge is 0.465 e. The van der Waals surface area contributed by atoms with Crippen LogP contribution in [0.1, 0.15) is 32.4 Å². The van der Waals surface area contributed by atoms with E-state index in [2.05, 4.69) is 0 Å². The normalized spacial score (nSPS) is 18.0. The van der Waals surface area contributed by atoms with E-state index < -0.39 is 28.8 Å². The molecule has 9 heteroatoms. The van der Waals surface area contributed by atoms with Crippen LogP contribution in [0, 0.1) is 10.1 Å². The van der Waals surface area contributed by atoms with Crippen LogP contribution in [0.4, 0.5) is 15.3 Å². The van der Waals surface area contributed by atoms with E-state index in [1.165, 1.54) is 28.0 Å². The summed E-state index contributed by atoms with van der Waals surface area (Å²) >= 11 is 0. The maximum absolute atomic E-state index is 12.5. The molecule has 1 aromatic rings. The summed E-state index contributed by atoms with van der Waals surface area (Å²) in [7, 11) is 0. The highest BCUT2D eigenvalue weighted by Gasteiger charge is 2.36. The Bertz CT molecular complexity index is 685. The minimum absolute atomic E-state index is 0.0236. The fourth-order valence-electron chi connectivity index (χ4n) is 2.63. The van der Waals surface area contributed by atoms with Gasteiger partial charge in [-0.3, -0.25) is 15.0 Å². The Kier molecular flexibility index (Phi) is 5.15. The van der Waals surface area contributed by atoms with E-state index in [1.54, 1.807) is 26.8 Å². The number of nitro groups is 1. The van der Waals surface area contributed by atoms with Crippen LogP contribution in [0.2, 0.25) is 0 Å². The highest BCUT2D eigenvalue weighted by Crippen LogP contribution is 2.29. The van der Waals surface area contributed by atoms with Gasteiger partial charge in [-0.15, -0.1) is 0 Å². The molecule has 2 rings (SSSR count). The third kappa shape index (κ3) is 4.59. The average molecular weight is 351 g/mol. The van der Waals surface area contributed by atoms with E-state index in [1.807, 2.05) is 0 Å². The molecule has 1 saturated heterocycles. The molecule has 136 valence electrons. The molecule has 0 spiro atoms. The van der Waals surface area contributed by atoms with Crippen molar-refractivity contribution in [3.63, 3.8) is 0 Å². The Labute approximate surface area is 144 Å². The molecule has 25 heavy (non-hydrogen) atoms. The number of hydrogen-bond donors (Lipinski definition) is 1. The Morgan fingerprint density at radius 2 is 2.00 bits per heavy atom. The SMILES string of the molecule is CC(C)(C)OC(=O)N1CCN(C(=O)O)CC1c1cccc([N+](=O)[O-])c1. The molecule has 0 saturated carbocycles. The van der Waals surface area contributed by atoms with Crippen molar-refractivity contribution in [1.82, 2.24) is 9.80 Å². The number of amides is 2. The van der Waals surface area contributed by atoms with Gasteiger partial charge in [-0.25, -0.2) is 9.59 Å². The van der Waals surface area contributed by atoms with E-state index in [0.29, 0.717) is 5.56 Å². The van der Waals surface area contributed by atoms with Crippen molar-refractivity contribution in [3.05, 3.63) is 39.9 Å². The molecule has 0 aliphatic carbocycles. The average Bonchev–Trinajstić information content (AvgIpc) is 2.52. The molecular formula is C16H21N3O6. The lowest BCUT2D eigenvalue weighted by molar-refractivity contribution is -0.385. The molecule has 2 amide bonds. The third-order valence-electron chi connectivity index (χ3n) is 3.74. The Hall–Kier alpha value is -2.84. The third-order valence-corrected chi connectivity index (χ3v) is 3.74. The van der Waals surface area contributed by atoms with Gasteiger partial charge in [0.1, 0.15) is 5.60 Å². The first-order chi connectivity index (χ1) is 11.6. The second kappa shape index (κ2) is 6.96. The summed E-state index contributed by atoms with van der Waals surface area (Å²) in [6.45, 7) is 5.53. The minimum Gasteiger partial charge on any atom is -0.465 e. The predicted molar refractivity (Wildman–Crippen MR) is 88.4 cm³/mol. The number of benzene rings is 1. The van der Waals surface area contributed by atoms with E-state index in [0.717, 1.165) is 0 Å². The van der Waals surface area contributed by atoms with Crippen molar-refractivity contribution in [2.75, 3.05) is 19.6 Å². The standard InChI is InChI=1S/C16H21N3O6/c1-16(2,3)25-15(22)18-8-7-17(14(20)21)10-13(18)11-5-4-6-12(9-11)19(23)24/h4-6,9,13H,7-8,10H2,1-3H3,(H,20,21). The highest BCUT2D eigenvalue weighted by atomic mass is 16.6.